The third-order valence-corrected chi connectivity index (χ3v) is 3.63. The minimum Gasteiger partial charge on any atom is -0.481 e. The van der Waals surface area contributed by atoms with Crippen LogP contribution >= 0.6 is 11.8 Å². The van der Waals surface area contributed by atoms with E-state index in [0.717, 1.165) is 18.7 Å². The number of hydrogen-bond donors (Lipinski definition) is 1. The van der Waals surface area contributed by atoms with Gasteiger partial charge in [0.25, 0.3) is 0 Å². The highest BCUT2D eigenvalue weighted by Gasteiger charge is 2.22. The molecule has 1 heterocycles. The number of thioether (sulfide) groups is 1. The molecule has 1 rings (SSSR count). The Kier molecular flexibility index (Phi) is 5.81. The summed E-state index contributed by atoms with van der Waals surface area (Å²) in [4.78, 5) is 10.7. The van der Waals surface area contributed by atoms with E-state index >= 15 is 0 Å². The smallest absolute Gasteiger partial charge is 0.313 e. The number of ether oxygens (including phenoxy) is 1. The van der Waals surface area contributed by atoms with Crippen LogP contribution in [-0.2, 0) is 22.5 Å². The number of hydrogen-bond acceptors (Lipinski definition) is 5. The second-order valence-electron chi connectivity index (χ2n) is 4.88. The fourth-order valence-electron chi connectivity index (χ4n) is 1.56. The Labute approximate surface area is 117 Å². The Hall–Kier alpha value is -1.08. The minimum atomic E-state index is -0.859. The third-order valence-electron chi connectivity index (χ3n) is 2.68. The molecule has 1 aromatic heterocycles. The van der Waals surface area contributed by atoms with Gasteiger partial charge in [0.2, 0.25) is 0 Å². The van der Waals surface area contributed by atoms with Gasteiger partial charge >= 0.3 is 5.97 Å². The van der Waals surface area contributed by atoms with E-state index in [-0.39, 0.29) is 11.4 Å². The van der Waals surface area contributed by atoms with Gasteiger partial charge in [0.15, 0.2) is 5.16 Å². The zero-order chi connectivity index (χ0) is 14.5. The maximum absolute atomic E-state index is 10.7. The van der Waals surface area contributed by atoms with E-state index in [2.05, 4.69) is 17.1 Å². The predicted molar refractivity (Wildman–Crippen MR) is 73.5 cm³/mol. The topological polar surface area (TPSA) is 77.2 Å². The number of aliphatic carboxylic acids is 1. The van der Waals surface area contributed by atoms with Gasteiger partial charge in [-0.1, -0.05) is 18.7 Å². The van der Waals surface area contributed by atoms with Gasteiger partial charge in [0.05, 0.1) is 17.9 Å². The second kappa shape index (κ2) is 6.91. The number of carboxylic acid groups (broad SMARTS) is 1. The lowest BCUT2D eigenvalue weighted by Crippen LogP contribution is -2.30. The molecule has 0 saturated carbocycles. The van der Waals surface area contributed by atoms with E-state index in [9.17, 15) is 4.79 Å². The number of aromatic nitrogens is 3. The number of carboxylic acids is 1. The molecular weight excluding hydrogens is 266 g/mol. The van der Waals surface area contributed by atoms with Crippen LogP contribution in [0.4, 0.5) is 0 Å². The van der Waals surface area contributed by atoms with Gasteiger partial charge in [-0.25, -0.2) is 0 Å². The summed E-state index contributed by atoms with van der Waals surface area (Å²) >= 11 is 1.19. The van der Waals surface area contributed by atoms with Crippen LogP contribution in [0.25, 0.3) is 0 Å². The first-order chi connectivity index (χ1) is 8.89. The lowest BCUT2D eigenvalue weighted by atomic mass is 10.1. The van der Waals surface area contributed by atoms with Crippen molar-refractivity contribution in [1.29, 1.82) is 0 Å². The maximum Gasteiger partial charge on any atom is 0.313 e. The van der Waals surface area contributed by atoms with E-state index in [1.165, 1.54) is 11.8 Å². The highest BCUT2D eigenvalue weighted by Crippen LogP contribution is 2.21. The van der Waals surface area contributed by atoms with Crippen LogP contribution in [0.2, 0.25) is 0 Å². The molecule has 108 valence electrons. The van der Waals surface area contributed by atoms with Crippen molar-refractivity contribution >= 4 is 17.7 Å². The number of rotatable bonds is 8. The Balaban J connectivity index is 2.94. The van der Waals surface area contributed by atoms with Crippen LogP contribution in [0.1, 0.15) is 33.0 Å². The number of aryl methyl sites for hydroxylation is 1. The van der Waals surface area contributed by atoms with E-state index in [4.69, 9.17) is 9.84 Å². The fourth-order valence-corrected chi connectivity index (χ4v) is 2.24. The van der Waals surface area contributed by atoms with Crippen LogP contribution in [0, 0.1) is 0 Å². The molecule has 0 aliphatic heterocycles. The average Bonchev–Trinajstić information content (AvgIpc) is 2.69. The van der Waals surface area contributed by atoms with Crippen LogP contribution in [-0.4, -0.2) is 44.3 Å². The Morgan fingerprint density at radius 1 is 1.47 bits per heavy atom. The summed E-state index contributed by atoms with van der Waals surface area (Å²) in [7, 11) is 1.66. The molecule has 0 unspecified atom stereocenters. The first-order valence-electron chi connectivity index (χ1n) is 6.21. The first kappa shape index (κ1) is 16.0. The quantitative estimate of drug-likeness (QED) is 0.735. The van der Waals surface area contributed by atoms with Gasteiger partial charge in [0, 0.05) is 13.5 Å². The first-order valence-corrected chi connectivity index (χ1v) is 7.20. The Morgan fingerprint density at radius 3 is 2.68 bits per heavy atom. The molecule has 0 aromatic carbocycles. The highest BCUT2D eigenvalue weighted by molar-refractivity contribution is 7.99. The average molecular weight is 287 g/mol. The molecule has 0 amide bonds. The van der Waals surface area contributed by atoms with Gasteiger partial charge in [0.1, 0.15) is 5.82 Å². The van der Waals surface area contributed by atoms with Crippen molar-refractivity contribution in [2.75, 3.05) is 12.9 Å². The van der Waals surface area contributed by atoms with Crippen molar-refractivity contribution in [3.63, 3.8) is 0 Å². The molecular formula is C12H21N3O3S. The van der Waals surface area contributed by atoms with E-state index in [1.54, 1.807) is 7.11 Å². The maximum atomic E-state index is 10.7. The Morgan fingerprint density at radius 2 is 2.16 bits per heavy atom. The van der Waals surface area contributed by atoms with Gasteiger partial charge in [-0.3, -0.25) is 4.79 Å². The fraction of sp³-hybridized carbons (Fsp3) is 0.750. The molecule has 1 aromatic rings. The predicted octanol–water partition coefficient (Wildman–Crippen LogP) is 1.83. The summed E-state index contributed by atoms with van der Waals surface area (Å²) in [6, 6.07) is 0. The molecule has 19 heavy (non-hydrogen) atoms. The normalized spacial score (nSPS) is 11.8. The molecule has 0 bridgehead atoms. The molecule has 0 aliphatic rings. The molecule has 6 nitrogen and oxygen atoms in total. The second-order valence-corrected chi connectivity index (χ2v) is 5.82. The van der Waals surface area contributed by atoms with Crippen molar-refractivity contribution in [2.45, 2.75) is 50.9 Å². The van der Waals surface area contributed by atoms with Gasteiger partial charge < -0.3 is 14.4 Å². The third kappa shape index (κ3) is 4.83. The zero-order valence-corrected chi connectivity index (χ0v) is 12.7. The summed E-state index contributed by atoms with van der Waals surface area (Å²) in [5.74, 6) is 0.000564. The molecule has 0 fully saturated rings. The van der Waals surface area contributed by atoms with Crippen molar-refractivity contribution in [3.8, 4) is 0 Å². The van der Waals surface area contributed by atoms with Crippen molar-refractivity contribution in [3.05, 3.63) is 5.82 Å². The van der Waals surface area contributed by atoms with Crippen LogP contribution in [0.5, 0.6) is 0 Å². The van der Waals surface area contributed by atoms with Crippen LogP contribution < -0.4 is 0 Å². The summed E-state index contributed by atoms with van der Waals surface area (Å²) in [5, 5.41) is 17.6. The zero-order valence-electron chi connectivity index (χ0n) is 11.8. The molecule has 0 aliphatic carbocycles. The standard InChI is InChI=1S/C12H21N3O3S/c1-5-6-9-13-14-11(19-7-10(16)17)15(9)8-12(2,3)18-4/h5-8H2,1-4H3,(H,16,17). The molecule has 0 saturated heterocycles. The minimum absolute atomic E-state index is 0.0162. The Bertz CT molecular complexity index is 432. The van der Waals surface area contributed by atoms with Crippen LogP contribution in [0.3, 0.4) is 0 Å². The van der Waals surface area contributed by atoms with E-state index < -0.39 is 5.97 Å². The largest absolute Gasteiger partial charge is 0.481 e. The number of nitrogens with zero attached hydrogens (tertiary/aromatic N) is 3. The molecule has 7 heteroatoms. The molecule has 1 N–H and O–H groups in total. The van der Waals surface area contributed by atoms with Gasteiger partial charge in [-0.05, 0) is 20.3 Å². The molecule has 0 spiro atoms. The number of methoxy groups -OCH3 is 1. The monoisotopic (exact) mass is 287 g/mol. The lowest BCUT2D eigenvalue weighted by molar-refractivity contribution is -0.133. The lowest BCUT2D eigenvalue weighted by Gasteiger charge is -2.24. The van der Waals surface area contributed by atoms with Gasteiger partial charge in [-0.15, -0.1) is 10.2 Å². The van der Waals surface area contributed by atoms with Gasteiger partial charge in [-0.2, -0.15) is 0 Å². The summed E-state index contributed by atoms with van der Waals surface area (Å²) in [6.07, 6.45) is 1.79. The van der Waals surface area contributed by atoms with Crippen molar-refractivity contribution in [1.82, 2.24) is 14.8 Å². The SMILES string of the molecule is CCCc1nnc(SCC(=O)O)n1CC(C)(C)OC. The van der Waals surface area contributed by atoms with Crippen molar-refractivity contribution < 1.29 is 14.6 Å². The summed E-state index contributed by atoms with van der Waals surface area (Å²) in [5.41, 5.74) is -0.344. The molecule has 0 radical (unpaired) electrons. The molecule has 0 atom stereocenters. The van der Waals surface area contributed by atoms with E-state index in [1.807, 2.05) is 18.4 Å². The summed E-state index contributed by atoms with van der Waals surface area (Å²) < 4.78 is 7.38. The van der Waals surface area contributed by atoms with Crippen LogP contribution in [0.15, 0.2) is 5.16 Å². The van der Waals surface area contributed by atoms with E-state index in [0.29, 0.717) is 11.7 Å². The summed E-state index contributed by atoms with van der Waals surface area (Å²) in [6.45, 7) is 6.64. The highest BCUT2D eigenvalue weighted by atomic mass is 32.2. The van der Waals surface area contributed by atoms with Crippen molar-refractivity contribution in [2.24, 2.45) is 0 Å². The number of carbonyl (C=O) groups is 1.